The molecule has 0 aliphatic carbocycles. The quantitative estimate of drug-likeness (QED) is 0.721. The zero-order valence-corrected chi connectivity index (χ0v) is 15.4. The Labute approximate surface area is 160 Å². The third-order valence-electron chi connectivity index (χ3n) is 4.68. The summed E-state index contributed by atoms with van der Waals surface area (Å²) < 4.78 is 59.8. The lowest BCUT2D eigenvalue weighted by Crippen LogP contribution is -2.25. The van der Waals surface area contributed by atoms with E-state index in [-0.39, 0.29) is 29.4 Å². The van der Waals surface area contributed by atoms with Crippen molar-refractivity contribution in [2.45, 2.75) is 13.0 Å². The number of halogens is 2. The number of nitrogens with zero attached hydrogens (tertiary/aromatic N) is 2. The van der Waals surface area contributed by atoms with Crippen molar-refractivity contribution >= 4 is 20.9 Å². The Balaban J connectivity index is 1.81. The van der Waals surface area contributed by atoms with E-state index >= 15 is 0 Å². The number of ether oxygens (including phenoxy) is 1. The second-order valence-corrected chi connectivity index (χ2v) is 8.55. The Morgan fingerprint density at radius 1 is 1.21 bits per heavy atom. The summed E-state index contributed by atoms with van der Waals surface area (Å²) in [7, 11) is -3.40. The van der Waals surface area contributed by atoms with E-state index in [4.69, 9.17) is 10.00 Å². The fourth-order valence-corrected chi connectivity index (χ4v) is 4.79. The van der Waals surface area contributed by atoms with Crippen molar-refractivity contribution in [1.82, 2.24) is 9.29 Å². The molecule has 0 bridgehead atoms. The molecule has 0 spiro atoms. The van der Waals surface area contributed by atoms with Crippen LogP contribution in [0.25, 0.3) is 10.9 Å². The fourth-order valence-electron chi connectivity index (χ4n) is 3.31. The summed E-state index contributed by atoms with van der Waals surface area (Å²) in [6.07, 6.45) is 2.13. The van der Waals surface area contributed by atoms with Crippen molar-refractivity contribution < 1.29 is 21.9 Å². The van der Waals surface area contributed by atoms with Gasteiger partial charge in [0.1, 0.15) is 17.6 Å². The van der Waals surface area contributed by atoms with Crippen molar-refractivity contribution in [1.29, 1.82) is 5.26 Å². The van der Waals surface area contributed by atoms with Gasteiger partial charge in [-0.1, -0.05) is 0 Å². The van der Waals surface area contributed by atoms with Gasteiger partial charge in [-0.15, -0.1) is 0 Å². The maximum absolute atomic E-state index is 14.8. The van der Waals surface area contributed by atoms with E-state index in [0.717, 1.165) is 6.07 Å². The molecule has 9 heteroatoms. The van der Waals surface area contributed by atoms with Gasteiger partial charge in [0.2, 0.25) is 10.0 Å². The molecule has 0 amide bonds. The third-order valence-corrected chi connectivity index (χ3v) is 6.59. The molecule has 1 aliphatic heterocycles. The molecule has 28 heavy (non-hydrogen) atoms. The van der Waals surface area contributed by atoms with Crippen LogP contribution in [0.5, 0.6) is 11.5 Å². The molecule has 6 nitrogen and oxygen atoms in total. The summed E-state index contributed by atoms with van der Waals surface area (Å²) in [5, 5.41) is 9.61. The molecular weight excluding hydrogens is 388 g/mol. The van der Waals surface area contributed by atoms with Crippen LogP contribution in [0.2, 0.25) is 0 Å². The first-order chi connectivity index (χ1) is 13.4. The maximum Gasteiger partial charge on any atom is 0.214 e. The number of hydrogen-bond donors (Lipinski definition) is 1. The Morgan fingerprint density at radius 3 is 2.75 bits per heavy atom. The molecule has 144 valence electrons. The molecule has 2 heterocycles. The van der Waals surface area contributed by atoms with Crippen molar-refractivity contribution in [3.05, 3.63) is 59.3 Å². The number of fused-ring (bicyclic) bond motifs is 1. The van der Waals surface area contributed by atoms with E-state index in [1.165, 1.54) is 22.5 Å². The SMILES string of the molecule is N#Cc1cc(Oc2c(F)cc3[nH]ccc3c2CN2CCCS2(=O)=O)ccc1F. The van der Waals surface area contributed by atoms with Gasteiger partial charge in [-0.2, -0.15) is 9.57 Å². The zero-order chi connectivity index (χ0) is 19.9. The monoisotopic (exact) mass is 403 g/mol. The molecule has 1 aliphatic rings. The molecule has 1 aromatic heterocycles. The highest BCUT2D eigenvalue weighted by Crippen LogP contribution is 2.36. The Morgan fingerprint density at radius 2 is 2.04 bits per heavy atom. The highest BCUT2D eigenvalue weighted by atomic mass is 32.2. The molecule has 4 rings (SSSR count). The number of nitriles is 1. The van der Waals surface area contributed by atoms with Crippen LogP contribution in [0, 0.1) is 23.0 Å². The first-order valence-electron chi connectivity index (χ1n) is 8.53. The van der Waals surface area contributed by atoms with Gasteiger partial charge in [0, 0.05) is 47.9 Å². The zero-order valence-electron chi connectivity index (χ0n) is 14.6. The normalized spacial score (nSPS) is 16.3. The molecular formula is C19H15F2N3O3S. The van der Waals surface area contributed by atoms with E-state index in [9.17, 15) is 17.2 Å². The van der Waals surface area contributed by atoms with Crippen LogP contribution in [0.3, 0.4) is 0 Å². The van der Waals surface area contributed by atoms with Crippen LogP contribution >= 0.6 is 0 Å². The number of sulfonamides is 1. The molecule has 0 saturated carbocycles. The fraction of sp³-hybridized carbons (Fsp3) is 0.211. The van der Waals surface area contributed by atoms with Crippen molar-refractivity contribution in [3.63, 3.8) is 0 Å². The first kappa shape index (κ1) is 18.4. The topological polar surface area (TPSA) is 86.2 Å². The molecule has 0 radical (unpaired) electrons. The van der Waals surface area contributed by atoms with Crippen LogP contribution in [0.15, 0.2) is 36.5 Å². The van der Waals surface area contributed by atoms with Gasteiger partial charge in [0.15, 0.2) is 11.6 Å². The average molecular weight is 403 g/mol. The lowest BCUT2D eigenvalue weighted by molar-refractivity contribution is 0.407. The summed E-state index contributed by atoms with van der Waals surface area (Å²) in [5.74, 6) is -1.41. The molecule has 1 N–H and O–H groups in total. The minimum absolute atomic E-state index is 0.0456. The first-order valence-corrected chi connectivity index (χ1v) is 10.1. The molecule has 2 aromatic carbocycles. The highest BCUT2D eigenvalue weighted by Gasteiger charge is 2.30. The van der Waals surface area contributed by atoms with Gasteiger partial charge in [0.25, 0.3) is 0 Å². The summed E-state index contributed by atoms with van der Waals surface area (Å²) >= 11 is 0. The van der Waals surface area contributed by atoms with E-state index in [1.807, 2.05) is 0 Å². The number of aromatic nitrogens is 1. The predicted octanol–water partition coefficient (Wildman–Crippen LogP) is 3.65. The lowest BCUT2D eigenvalue weighted by Gasteiger charge is -2.19. The van der Waals surface area contributed by atoms with Crippen LogP contribution in [-0.4, -0.2) is 30.0 Å². The standard InChI is InChI=1S/C19H15F2N3O3S/c20-16-3-2-13(8-12(16)10-22)27-19-15(11-24-6-1-7-28(24,25)26)14-4-5-23-18(14)9-17(19)21/h2-5,8-9,23H,1,6-7,11H2. The minimum atomic E-state index is -3.40. The van der Waals surface area contributed by atoms with Crippen LogP contribution < -0.4 is 4.74 Å². The number of hydrogen-bond acceptors (Lipinski definition) is 4. The van der Waals surface area contributed by atoms with Crippen molar-refractivity contribution in [2.24, 2.45) is 0 Å². The van der Waals surface area contributed by atoms with Crippen LogP contribution in [-0.2, 0) is 16.6 Å². The van der Waals surface area contributed by atoms with Crippen molar-refractivity contribution in [3.8, 4) is 17.6 Å². The molecule has 1 fully saturated rings. The van der Waals surface area contributed by atoms with Crippen molar-refractivity contribution in [2.75, 3.05) is 12.3 Å². The summed E-state index contributed by atoms with van der Waals surface area (Å²) in [6.45, 7) is 0.301. The van der Waals surface area contributed by atoms with Gasteiger partial charge in [-0.05, 0) is 24.6 Å². The van der Waals surface area contributed by atoms with E-state index < -0.39 is 21.7 Å². The second-order valence-electron chi connectivity index (χ2n) is 6.46. The second kappa shape index (κ2) is 6.89. The smallest absolute Gasteiger partial charge is 0.214 e. The number of rotatable bonds is 4. The number of H-pyrrole nitrogens is 1. The average Bonchev–Trinajstić information content (AvgIpc) is 3.25. The molecule has 0 unspecified atom stereocenters. The van der Waals surface area contributed by atoms with Gasteiger partial charge < -0.3 is 9.72 Å². The van der Waals surface area contributed by atoms with Gasteiger partial charge in [-0.3, -0.25) is 0 Å². The number of nitrogens with one attached hydrogen (secondary N) is 1. The Kier molecular flexibility index (Phi) is 4.53. The third kappa shape index (κ3) is 3.21. The Bertz CT molecular complexity index is 1220. The molecule has 0 atom stereocenters. The van der Waals surface area contributed by atoms with Crippen LogP contribution in [0.4, 0.5) is 8.78 Å². The van der Waals surface area contributed by atoms with Gasteiger partial charge in [0.05, 0.1) is 11.3 Å². The van der Waals surface area contributed by atoms with Gasteiger partial charge in [-0.25, -0.2) is 17.2 Å². The minimum Gasteiger partial charge on any atom is -0.454 e. The Hall–Kier alpha value is -2.96. The molecule has 1 saturated heterocycles. The predicted molar refractivity (Wildman–Crippen MR) is 98.3 cm³/mol. The largest absolute Gasteiger partial charge is 0.454 e. The van der Waals surface area contributed by atoms with E-state index in [2.05, 4.69) is 4.98 Å². The summed E-state index contributed by atoms with van der Waals surface area (Å²) in [4.78, 5) is 2.91. The highest BCUT2D eigenvalue weighted by molar-refractivity contribution is 7.89. The molecule has 3 aromatic rings. The summed E-state index contributed by atoms with van der Waals surface area (Å²) in [5.41, 5.74) is 0.641. The summed E-state index contributed by atoms with van der Waals surface area (Å²) in [6, 6.07) is 8.19. The lowest BCUT2D eigenvalue weighted by atomic mass is 10.1. The van der Waals surface area contributed by atoms with E-state index in [0.29, 0.717) is 29.4 Å². The number of aromatic amines is 1. The maximum atomic E-state index is 14.8. The van der Waals surface area contributed by atoms with Crippen LogP contribution in [0.1, 0.15) is 17.5 Å². The van der Waals surface area contributed by atoms with E-state index in [1.54, 1.807) is 18.3 Å². The number of benzene rings is 2. The van der Waals surface area contributed by atoms with Gasteiger partial charge >= 0.3 is 0 Å².